The quantitative estimate of drug-likeness (QED) is 0.851. The van der Waals surface area contributed by atoms with E-state index in [0.29, 0.717) is 42.1 Å². The minimum absolute atomic E-state index is 0.521. The molecule has 0 atom stereocenters. The summed E-state index contributed by atoms with van der Waals surface area (Å²) < 4.78 is 5.02. The van der Waals surface area contributed by atoms with Gasteiger partial charge in [0.15, 0.2) is 0 Å². The van der Waals surface area contributed by atoms with Gasteiger partial charge in [0.05, 0.1) is 16.7 Å². The first-order chi connectivity index (χ1) is 7.69. The van der Waals surface area contributed by atoms with Crippen molar-refractivity contribution >= 4 is 29.0 Å². The number of ether oxygens (including phenoxy) is 1. The Balaban J connectivity index is 2.82. The van der Waals surface area contributed by atoms with Gasteiger partial charge in [-0.25, -0.2) is 4.98 Å². The molecule has 0 amide bonds. The molecule has 16 heavy (non-hydrogen) atoms. The van der Waals surface area contributed by atoms with Crippen LogP contribution in [0.1, 0.15) is 0 Å². The van der Waals surface area contributed by atoms with Crippen molar-refractivity contribution in [2.75, 3.05) is 38.3 Å². The van der Waals surface area contributed by atoms with Crippen molar-refractivity contribution < 1.29 is 4.74 Å². The molecule has 1 aromatic rings. The third-order valence-corrected chi connectivity index (χ3v) is 2.54. The van der Waals surface area contributed by atoms with E-state index in [0.717, 1.165) is 0 Å². The molecule has 0 aliphatic rings. The van der Waals surface area contributed by atoms with Gasteiger partial charge in [0, 0.05) is 32.9 Å². The van der Waals surface area contributed by atoms with Crippen molar-refractivity contribution in [1.29, 1.82) is 0 Å². The number of hydrogen-bond donors (Lipinski definition) is 1. The number of aromatic nitrogens is 1. The number of hydrogen-bond acceptors (Lipinski definition) is 4. The minimum Gasteiger partial charge on any atom is -0.383 e. The zero-order valence-electron chi connectivity index (χ0n) is 9.12. The Bertz CT molecular complexity index is 336. The molecule has 0 radical (unpaired) electrons. The van der Waals surface area contributed by atoms with Gasteiger partial charge in [0.2, 0.25) is 0 Å². The number of halogens is 2. The normalized spacial score (nSPS) is 10.5. The molecular formula is C10H15Cl2N3O. The first kappa shape index (κ1) is 13.5. The van der Waals surface area contributed by atoms with Crippen LogP contribution in [0.5, 0.6) is 0 Å². The van der Waals surface area contributed by atoms with E-state index in [-0.39, 0.29) is 0 Å². The molecule has 0 saturated carbocycles. The average Bonchev–Trinajstić information content (AvgIpc) is 2.25. The van der Waals surface area contributed by atoms with Crippen LogP contribution in [-0.4, -0.2) is 38.3 Å². The second-order valence-electron chi connectivity index (χ2n) is 3.23. The van der Waals surface area contributed by atoms with Crippen molar-refractivity contribution in [2.45, 2.75) is 0 Å². The fourth-order valence-electron chi connectivity index (χ4n) is 1.32. The van der Waals surface area contributed by atoms with Crippen LogP contribution < -0.4 is 10.6 Å². The lowest BCUT2D eigenvalue weighted by molar-refractivity contribution is 0.205. The Morgan fingerprint density at radius 2 is 2.19 bits per heavy atom. The molecule has 1 aromatic heterocycles. The van der Waals surface area contributed by atoms with Gasteiger partial charge in [-0.05, 0) is 6.07 Å². The van der Waals surface area contributed by atoms with Crippen LogP contribution in [0, 0.1) is 0 Å². The summed E-state index contributed by atoms with van der Waals surface area (Å²) in [6, 6.07) is 1.67. The molecule has 0 unspecified atom stereocenters. The lowest BCUT2D eigenvalue weighted by atomic mass is 10.4. The lowest BCUT2D eigenvalue weighted by Crippen LogP contribution is -2.33. The predicted molar refractivity (Wildman–Crippen MR) is 67.4 cm³/mol. The highest BCUT2D eigenvalue weighted by molar-refractivity contribution is 6.36. The first-order valence-electron chi connectivity index (χ1n) is 4.94. The molecule has 1 rings (SSSR count). The zero-order chi connectivity index (χ0) is 12.0. The Kier molecular flexibility index (Phi) is 5.84. The molecule has 6 heteroatoms. The van der Waals surface area contributed by atoms with Gasteiger partial charge < -0.3 is 15.4 Å². The number of methoxy groups -OCH3 is 1. The van der Waals surface area contributed by atoms with E-state index >= 15 is 0 Å². The molecule has 0 bridgehead atoms. The van der Waals surface area contributed by atoms with Crippen molar-refractivity contribution in [3.63, 3.8) is 0 Å². The molecule has 90 valence electrons. The number of nitrogens with zero attached hydrogens (tertiary/aromatic N) is 2. The van der Waals surface area contributed by atoms with Gasteiger partial charge >= 0.3 is 0 Å². The van der Waals surface area contributed by atoms with E-state index < -0.39 is 0 Å². The predicted octanol–water partition coefficient (Wildman–Crippen LogP) is 1.80. The second kappa shape index (κ2) is 6.91. The maximum Gasteiger partial charge on any atom is 0.147 e. The Morgan fingerprint density at radius 3 is 2.75 bits per heavy atom. The summed E-state index contributed by atoms with van der Waals surface area (Å²) in [6.07, 6.45) is 1.57. The molecule has 0 fully saturated rings. The van der Waals surface area contributed by atoms with Gasteiger partial charge in [-0.15, -0.1) is 0 Å². The molecule has 0 spiro atoms. The maximum atomic E-state index is 6.07. The lowest BCUT2D eigenvalue weighted by Gasteiger charge is -2.23. The highest BCUT2D eigenvalue weighted by Gasteiger charge is 2.11. The second-order valence-corrected chi connectivity index (χ2v) is 4.07. The van der Waals surface area contributed by atoms with Crippen molar-refractivity contribution in [1.82, 2.24) is 4.98 Å². The van der Waals surface area contributed by atoms with Gasteiger partial charge in [-0.3, -0.25) is 0 Å². The summed E-state index contributed by atoms with van der Waals surface area (Å²) in [5.41, 5.74) is 5.54. The summed E-state index contributed by atoms with van der Waals surface area (Å²) >= 11 is 11.9. The van der Waals surface area contributed by atoms with Crippen LogP contribution >= 0.6 is 23.2 Å². The summed E-state index contributed by atoms with van der Waals surface area (Å²) in [6.45, 7) is 2.50. The zero-order valence-corrected chi connectivity index (χ0v) is 10.6. The number of anilines is 1. The van der Waals surface area contributed by atoms with E-state index in [1.165, 1.54) is 0 Å². The van der Waals surface area contributed by atoms with E-state index in [1.54, 1.807) is 19.4 Å². The van der Waals surface area contributed by atoms with Crippen LogP contribution in [0.3, 0.4) is 0 Å². The number of rotatable bonds is 6. The maximum absolute atomic E-state index is 6.07. The smallest absolute Gasteiger partial charge is 0.147 e. The fraction of sp³-hybridized carbons (Fsp3) is 0.500. The third-order valence-electron chi connectivity index (χ3n) is 2.05. The SMILES string of the molecule is COCCN(CCN)c1ncc(Cl)cc1Cl. The van der Waals surface area contributed by atoms with Crippen LogP contribution in [0.2, 0.25) is 10.0 Å². The summed E-state index contributed by atoms with van der Waals surface area (Å²) in [7, 11) is 1.65. The number of nitrogens with two attached hydrogens (primary N) is 1. The van der Waals surface area contributed by atoms with Crippen molar-refractivity contribution in [3.05, 3.63) is 22.3 Å². The van der Waals surface area contributed by atoms with Crippen LogP contribution in [0.25, 0.3) is 0 Å². The summed E-state index contributed by atoms with van der Waals surface area (Å²) in [5, 5.41) is 1.05. The Hall–Kier alpha value is -0.550. The van der Waals surface area contributed by atoms with Crippen LogP contribution in [0.15, 0.2) is 12.3 Å². The van der Waals surface area contributed by atoms with Crippen LogP contribution in [0.4, 0.5) is 5.82 Å². The monoisotopic (exact) mass is 263 g/mol. The minimum atomic E-state index is 0.521. The molecule has 2 N–H and O–H groups in total. The molecule has 0 aliphatic carbocycles. The molecule has 0 saturated heterocycles. The standard InChI is InChI=1S/C10H15Cl2N3O/c1-16-5-4-15(3-2-13)10-9(12)6-8(11)7-14-10/h6-7H,2-5,13H2,1H3. The van der Waals surface area contributed by atoms with E-state index in [2.05, 4.69) is 4.98 Å². The van der Waals surface area contributed by atoms with E-state index in [9.17, 15) is 0 Å². The van der Waals surface area contributed by atoms with Gasteiger partial charge in [0.1, 0.15) is 5.82 Å². The Morgan fingerprint density at radius 1 is 1.44 bits per heavy atom. The highest BCUT2D eigenvalue weighted by Crippen LogP contribution is 2.25. The van der Waals surface area contributed by atoms with Gasteiger partial charge in [-0.1, -0.05) is 23.2 Å². The van der Waals surface area contributed by atoms with Gasteiger partial charge in [-0.2, -0.15) is 0 Å². The molecular weight excluding hydrogens is 249 g/mol. The molecule has 4 nitrogen and oxygen atoms in total. The fourth-order valence-corrected chi connectivity index (χ4v) is 1.82. The Labute approximate surface area is 105 Å². The topological polar surface area (TPSA) is 51.4 Å². The number of pyridine rings is 1. The molecule has 1 heterocycles. The first-order valence-corrected chi connectivity index (χ1v) is 5.69. The van der Waals surface area contributed by atoms with Gasteiger partial charge in [0.25, 0.3) is 0 Å². The van der Waals surface area contributed by atoms with Crippen molar-refractivity contribution in [3.8, 4) is 0 Å². The molecule has 0 aliphatic heterocycles. The van der Waals surface area contributed by atoms with Crippen molar-refractivity contribution in [2.24, 2.45) is 5.73 Å². The largest absolute Gasteiger partial charge is 0.383 e. The van der Waals surface area contributed by atoms with Crippen LogP contribution in [-0.2, 0) is 4.74 Å². The summed E-state index contributed by atoms with van der Waals surface area (Å²) in [5.74, 6) is 0.688. The van der Waals surface area contributed by atoms with E-state index in [1.807, 2.05) is 4.90 Å². The molecule has 0 aromatic carbocycles. The third kappa shape index (κ3) is 3.79. The average molecular weight is 264 g/mol. The highest BCUT2D eigenvalue weighted by atomic mass is 35.5. The summed E-state index contributed by atoms with van der Waals surface area (Å²) in [4.78, 5) is 6.17. The van der Waals surface area contributed by atoms with E-state index in [4.69, 9.17) is 33.7 Å².